The minimum Gasteiger partial charge on any atom is -0.495 e. The van der Waals surface area contributed by atoms with Gasteiger partial charge in [0.2, 0.25) is 0 Å². The Morgan fingerprint density at radius 3 is 2.59 bits per heavy atom. The molecule has 1 aliphatic heterocycles. The Morgan fingerprint density at radius 1 is 1.17 bits per heavy atom. The highest BCUT2D eigenvalue weighted by Gasteiger charge is 2.20. The Morgan fingerprint density at radius 2 is 1.90 bits per heavy atom. The van der Waals surface area contributed by atoms with Crippen LogP contribution in [0, 0.1) is 17.0 Å². The molecule has 0 saturated carbocycles. The Bertz CT molecular complexity index is 879. The van der Waals surface area contributed by atoms with E-state index in [-0.39, 0.29) is 11.6 Å². The van der Waals surface area contributed by atoms with Gasteiger partial charge >= 0.3 is 0 Å². The highest BCUT2D eigenvalue weighted by atomic mass is 16.6. The number of amides is 1. The van der Waals surface area contributed by atoms with Crippen molar-refractivity contribution >= 4 is 17.3 Å². The maximum absolute atomic E-state index is 12.3. The summed E-state index contributed by atoms with van der Waals surface area (Å²) in [5, 5.41) is 13.9. The number of nitrogens with zero attached hydrogens (tertiary/aromatic N) is 3. The molecule has 0 radical (unpaired) electrons. The van der Waals surface area contributed by atoms with Crippen LogP contribution in [0.3, 0.4) is 0 Å². The second kappa shape index (κ2) is 9.38. The Labute approximate surface area is 170 Å². The minimum absolute atomic E-state index is 0.0369. The number of benzene rings is 2. The molecule has 1 amide bonds. The van der Waals surface area contributed by atoms with Gasteiger partial charge in [0.15, 0.2) is 0 Å². The summed E-state index contributed by atoms with van der Waals surface area (Å²) in [4.78, 5) is 27.5. The van der Waals surface area contributed by atoms with Gasteiger partial charge < -0.3 is 15.0 Å². The number of rotatable bonds is 7. The zero-order valence-electron chi connectivity index (χ0n) is 16.8. The smallest absolute Gasteiger partial charge is 0.273 e. The average molecular weight is 398 g/mol. The van der Waals surface area contributed by atoms with Crippen molar-refractivity contribution in [1.29, 1.82) is 0 Å². The van der Waals surface area contributed by atoms with Gasteiger partial charge in [0.25, 0.3) is 11.6 Å². The molecule has 0 aliphatic carbocycles. The molecule has 29 heavy (non-hydrogen) atoms. The highest BCUT2D eigenvalue weighted by molar-refractivity contribution is 5.94. The number of nitro groups is 1. The van der Waals surface area contributed by atoms with Crippen molar-refractivity contribution in [3.8, 4) is 5.75 Å². The van der Waals surface area contributed by atoms with E-state index in [1.807, 2.05) is 18.2 Å². The van der Waals surface area contributed by atoms with Gasteiger partial charge in [-0.1, -0.05) is 18.2 Å². The first-order valence-electron chi connectivity index (χ1n) is 9.63. The molecule has 0 bridgehead atoms. The van der Waals surface area contributed by atoms with Crippen molar-refractivity contribution < 1.29 is 14.5 Å². The monoisotopic (exact) mass is 398 g/mol. The molecule has 0 aromatic heterocycles. The zero-order chi connectivity index (χ0) is 20.8. The van der Waals surface area contributed by atoms with Crippen LogP contribution in [0.15, 0.2) is 42.5 Å². The molecule has 154 valence electrons. The molecule has 0 atom stereocenters. The van der Waals surface area contributed by atoms with Crippen LogP contribution >= 0.6 is 0 Å². The topological polar surface area (TPSA) is 88.0 Å². The third kappa shape index (κ3) is 5.03. The van der Waals surface area contributed by atoms with E-state index >= 15 is 0 Å². The Hall–Kier alpha value is -3.13. The largest absolute Gasteiger partial charge is 0.495 e. The van der Waals surface area contributed by atoms with E-state index in [4.69, 9.17) is 4.74 Å². The summed E-state index contributed by atoms with van der Waals surface area (Å²) in [7, 11) is 1.68. The first-order chi connectivity index (χ1) is 14.0. The van der Waals surface area contributed by atoms with Crippen LogP contribution in [0.4, 0.5) is 11.4 Å². The van der Waals surface area contributed by atoms with Crippen LogP contribution in [0.1, 0.15) is 15.9 Å². The van der Waals surface area contributed by atoms with Crippen LogP contribution < -0.4 is 15.0 Å². The van der Waals surface area contributed by atoms with Gasteiger partial charge in [-0.2, -0.15) is 0 Å². The summed E-state index contributed by atoms with van der Waals surface area (Å²) in [6, 6.07) is 12.5. The van der Waals surface area contributed by atoms with Gasteiger partial charge in [-0.15, -0.1) is 0 Å². The molecule has 1 saturated heterocycles. The summed E-state index contributed by atoms with van der Waals surface area (Å²) in [6.07, 6.45) is 0. The lowest BCUT2D eigenvalue weighted by molar-refractivity contribution is -0.385. The predicted molar refractivity (Wildman–Crippen MR) is 112 cm³/mol. The van der Waals surface area contributed by atoms with Crippen molar-refractivity contribution in [3.63, 3.8) is 0 Å². The van der Waals surface area contributed by atoms with Crippen LogP contribution in [-0.4, -0.2) is 62.1 Å². The summed E-state index contributed by atoms with van der Waals surface area (Å²) in [5.74, 6) is 0.584. The number of aryl methyl sites for hydroxylation is 1. The number of piperazine rings is 1. The number of para-hydroxylation sites is 2. The molecule has 0 unspecified atom stereocenters. The molecule has 1 heterocycles. The Balaban J connectivity index is 1.47. The van der Waals surface area contributed by atoms with Crippen LogP contribution in [-0.2, 0) is 0 Å². The number of methoxy groups -OCH3 is 1. The fourth-order valence-corrected chi connectivity index (χ4v) is 3.48. The molecule has 8 nitrogen and oxygen atoms in total. The van der Waals surface area contributed by atoms with Crippen molar-refractivity contribution in [1.82, 2.24) is 10.2 Å². The van der Waals surface area contributed by atoms with E-state index in [1.54, 1.807) is 26.2 Å². The lowest BCUT2D eigenvalue weighted by Crippen LogP contribution is -2.48. The lowest BCUT2D eigenvalue weighted by atomic mass is 10.1. The van der Waals surface area contributed by atoms with E-state index in [9.17, 15) is 14.9 Å². The fourth-order valence-electron chi connectivity index (χ4n) is 3.48. The van der Waals surface area contributed by atoms with Gasteiger partial charge in [0.1, 0.15) is 5.75 Å². The predicted octanol–water partition coefficient (Wildman–Crippen LogP) is 2.46. The third-order valence-electron chi connectivity index (χ3n) is 5.18. The van der Waals surface area contributed by atoms with E-state index in [1.165, 1.54) is 6.07 Å². The van der Waals surface area contributed by atoms with Gasteiger partial charge in [-0.25, -0.2) is 0 Å². The number of ether oxygens (including phenoxy) is 1. The Kier molecular flexibility index (Phi) is 6.66. The molecular formula is C21H26N4O4. The lowest BCUT2D eigenvalue weighted by Gasteiger charge is -2.36. The molecule has 1 fully saturated rings. The molecule has 3 rings (SSSR count). The SMILES string of the molecule is COc1ccccc1N1CCN(CCNC(=O)c2ccc(C)c([N+](=O)[O-])c2)CC1. The van der Waals surface area contributed by atoms with Crippen molar-refractivity contribution in [2.75, 3.05) is 51.3 Å². The summed E-state index contributed by atoms with van der Waals surface area (Å²) in [5.41, 5.74) is 1.91. The molecule has 1 aliphatic rings. The summed E-state index contributed by atoms with van der Waals surface area (Å²) < 4.78 is 5.44. The number of nitro benzene ring substituents is 1. The maximum Gasteiger partial charge on any atom is 0.273 e. The van der Waals surface area contributed by atoms with E-state index < -0.39 is 4.92 Å². The highest BCUT2D eigenvalue weighted by Crippen LogP contribution is 2.28. The van der Waals surface area contributed by atoms with Crippen molar-refractivity contribution in [2.24, 2.45) is 0 Å². The number of nitrogens with one attached hydrogen (secondary N) is 1. The van der Waals surface area contributed by atoms with Gasteiger partial charge in [0, 0.05) is 56.5 Å². The van der Waals surface area contributed by atoms with Crippen LogP contribution in [0.5, 0.6) is 5.75 Å². The quantitative estimate of drug-likeness (QED) is 0.569. The number of hydrogen-bond donors (Lipinski definition) is 1. The van der Waals surface area contributed by atoms with Crippen molar-refractivity contribution in [3.05, 3.63) is 63.7 Å². The molecule has 8 heteroatoms. The fraction of sp³-hybridized carbons (Fsp3) is 0.381. The first kappa shape index (κ1) is 20.6. The number of carbonyl (C=O) groups excluding carboxylic acids is 1. The van der Waals surface area contributed by atoms with E-state index in [2.05, 4.69) is 21.2 Å². The normalized spacial score (nSPS) is 14.5. The second-order valence-electron chi connectivity index (χ2n) is 7.01. The number of hydrogen-bond acceptors (Lipinski definition) is 6. The number of carbonyl (C=O) groups is 1. The third-order valence-corrected chi connectivity index (χ3v) is 5.18. The molecule has 2 aromatic carbocycles. The second-order valence-corrected chi connectivity index (χ2v) is 7.01. The van der Waals surface area contributed by atoms with Crippen LogP contribution in [0.25, 0.3) is 0 Å². The average Bonchev–Trinajstić information content (AvgIpc) is 2.74. The van der Waals surface area contributed by atoms with E-state index in [0.717, 1.165) is 44.2 Å². The van der Waals surface area contributed by atoms with E-state index in [0.29, 0.717) is 17.7 Å². The zero-order valence-corrected chi connectivity index (χ0v) is 16.8. The van der Waals surface area contributed by atoms with Gasteiger partial charge in [0.05, 0.1) is 17.7 Å². The maximum atomic E-state index is 12.3. The molecule has 1 N–H and O–H groups in total. The first-order valence-corrected chi connectivity index (χ1v) is 9.63. The standard InChI is InChI=1S/C21H26N4O4/c1-16-7-8-17(15-19(16)25(27)28)21(26)22-9-10-23-11-13-24(14-12-23)18-5-3-4-6-20(18)29-2/h3-8,15H,9-14H2,1-2H3,(H,22,26). The van der Waals surface area contributed by atoms with Crippen LogP contribution in [0.2, 0.25) is 0 Å². The minimum atomic E-state index is -0.465. The summed E-state index contributed by atoms with van der Waals surface area (Å²) in [6.45, 7) is 6.45. The molecular weight excluding hydrogens is 372 g/mol. The molecule has 0 spiro atoms. The number of anilines is 1. The summed E-state index contributed by atoms with van der Waals surface area (Å²) >= 11 is 0. The van der Waals surface area contributed by atoms with Gasteiger partial charge in [-0.05, 0) is 25.1 Å². The molecule has 2 aromatic rings. The van der Waals surface area contributed by atoms with Crippen molar-refractivity contribution in [2.45, 2.75) is 6.92 Å². The van der Waals surface area contributed by atoms with Gasteiger partial charge in [-0.3, -0.25) is 19.8 Å².